The fourth-order valence-electron chi connectivity index (χ4n) is 5.19. The zero-order valence-corrected chi connectivity index (χ0v) is 19.4. The number of aryl methyl sites for hydroxylation is 1. The molecule has 1 amide bonds. The summed E-state index contributed by atoms with van der Waals surface area (Å²) in [4.78, 5) is 22.4. The number of anilines is 1. The number of nitrogens with zero attached hydrogens (tertiary/aromatic N) is 4. The van der Waals surface area contributed by atoms with Gasteiger partial charge in [0.1, 0.15) is 5.82 Å². The molecular weight excluding hydrogens is 386 g/mol. The molecule has 1 aliphatic heterocycles. The van der Waals surface area contributed by atoms with E-state index in [2.05, 4.69) is 63.6 Å². The second-order valence-corrected chi connectivity index (χ2v) is 9.08. The smallest absolute Gasteiger partial charge is 0.253 e. The lowest BCUT2D eigenvalue weighted by atomic mass is 9.95. The second kappa shape index (κ2) is 9.86. The number of hydrogen-bond acceptors (Lipinski definition) is 4. The molecule has 1 N–H and O–H groups in total. The number of aromatic nitrogens is 2. The minimum atomic E-state index is 0.00919. The summed E-state index contributed by atoms with van der Waals surface area (Å²) < 4.78 is 2.39. The van der Waals surface area contributed by atoms with Crippen LogP contribution in [0, 0.1) is 13.8 Å². The van der Waals surface area contributed by atoms with Crippen molar-refractivity contribution < 1.29 is 4.79 Å². The molecule has 2 aromatic heterocycles. The van der Waals surface area contributed by atoms with E-state index < -0.39 is 0 Å². The normalized spacial score (nSPS) is 18.4. The molecule has 168 valence electrons. The van der Waals surface area contributed by atoms with Crippen LogP contribution in [0.5, 0.6) is 0 Å². The number of nitrogens with one attached hydrogen (secondary N) is 1. The van der Waals surface area contributed by atoms with E-state index in [9.17, 15) is 4.79 Å². The van der Waals surface area contributed by atoms with E-state index in [1.165, 1.54) is 37.8 Å². The molecule has 2 fully saturated rings. The molecule has 6 nitrogen and oxygen atoms in total. The van der Waals surface area contributed by atoms with Gasteiger partial charge in [-0.25, -0.2) is 4.98 Å². The van der Waals surface area contributed by atoms with E-state index in [-0.39, 0.29) is 5.91 Å². The number of carbonyl (C=O) groups is 1. The average Bonchev–Trinajstić information content (AvgIpc) is 3.12. The van der Waals surface area contributed by atoms with Crippen molar-refractivity contribution >= 4 is 11.7 Å². The van der Waals surface area contributed by atoms with E-state index in [0.29, 0.717) is 12.6 Å². The fraction of sp³-hybridized carbons (Fsp3) is 0.600. The summed E-state index contributed by atoms with van der Waals surface area (Å²) in [6.07, 6.45) is 8.27. The van der Waals surface area contributed by atoms with Crippen LogP contribution in [-0.2, 0) is 6.54 Å². The third kappa shape index (κ3) is 4.95. The van der Waals surface area contributed by atoms with Crippen LogP contribution in [0.25, 0.3) is 0 Å². The summed E-state index contributed by atoms with van der Waals surface area (Å²) in [6, 6.07) is 6.76. The third-order valence-electron chi connectivity index (χ3n) is 7.07. The molecule has 0 spiro atoms. The Bertz CT molecular complexity index is 874. The first-order chi connectivity index (χ1) is 15.1. The fourth-order valence-corrected chi connectivity index (χ4v) is 5.19. The van der Waals surface area contributed by atoms with Crippen LogP contribution in [0.15, 0.2) is 24.4 Å². The Morgan fingerprint density at radius 3 is 2.48 bits per heavy atom. The topological polar surface area (TPSA) is 53.4 Å². The van der Waals surface area contributed by atoms with Crippen LogP contribution in [-0.4, -0.2) is 53.1 Å². The Labute approximate surface area is 186 Å². The van der Waals surface area contributed by atoms with Crippen LogP contribution in [0.4, 0.5) is 5.82 Å². The molecule has 6 heteroatoms. The number of carbonyl (C=O) groups excluding carboxylic acids is 1. The maximum Gasteiger partial charge on any atom is 0.253 e. The summed E-state index contributed by atoms with van der Waals surface area (Å²) in [5.74, 6) is 1.04. The average molecular weight is 424 g/mol. The highest BCUT2D eigenvalue weighted by molar-refractivity contribution is 5.95. The maximum atomic E-state index is 12.9. The standard InChI is InChI=1S/C25H37N5O/c1-4-28-12-14-29(15-13-28)24-11-10-21(17-26-24)18-27-25(31)23-16-19(2)30(20(23)3)22-8-6-5-7-9-22/h10-11,16-17,22H,4-9,12-15,18H2,1-3H3,(H,27,31). The van der Waals surface area contributed by atoms with Gasteiger partial charge in [0.25, 0.3) is 5.91 Å². The molecule has 4 rings (SSSR count). The minimum absolute atomic E-state index is 0.00919. The van der Waals surface area contributed by atoms with Gasteiger partial charge in [0.05, 0.1) is 5.56 Å². The van der Waals surface area contributed by atoms with Crippen LogP contribution in [0.3, 0.4) is 0 Å². The van der Waals surface area contributed by atoms with Gasteiger partial charge in [0, 0.05) is 56.4 Å². The van der Waals surface area contributed by atoms with Crippen LogP contribution < -0.4 is 10.2 Å². The molecule has 31 heavy (non-hydrogen) atoms. The molecule has 1 aliphatic carbocycles. The highest BCUT2D eigenvalue weighted by Crippen LogP contribution is 2.32. The predicted molar refractivity (Wildman–Crippen MR) is 126 cm³/mol. The number of rotatable bonds is 6. The van der Waals surface area contributed by atoms with Gasteiger partial charge in [0.2, 0.25) is 0 Å². The lowest BCUT2D eigenvalue weighted by Crippen LogP contribution is -2.46. The summed E-state index contributed by atoms with van der Waals surface area (Å²) >= 11 is 0. The minimum Gasteiger partial charge on any atom is -0.354 e. The van der Waals surface area contributed by atoms with E-state index in [4.69, 9.17) is 0 Å². The summed E-state index contributed by atoms with van der Waals surface area (Å²) in [7, 11) is 0. The molecule has 2 aromatic rings. The highest BCUT2D eigenvalue weighted by atomic mass is 16.1. The zero-order chi connectivity index (χ0) is 21.8. The van der Waals surface area contributed by atoms with Crippen LogP contribution >= 0.6 is 0 Å². The first-order valence-electron chi connectivity index (χ1n) is 12.0. The number of amides is 1. The largest absolute Gasteiger partial charge is 0.354 e. The molecule has 1 saturated heterocycles. The van der Waals surface area contributed by atoms with E-state index in [1.54, 1.807) is 0 Å². The number of likely N-dealkylation sites (N-methyl/N-ethyl adjacent to an activating group) is 1. The van der Waals surface area contributed by atoms with E-state index >= 15 is 0 Å². The van der Waals surface area contributed by atoms with Gasteiger partial charge >= 0.3 is 0 Å². The van der Waals surface area contributed by atoms with Gasteiger partial charge in [-0.05, 0) is 50.9 Å². The summed E-state index contributed by atoms with van der Waals surface area (Å²) in [6.45, 7) is 12.3. The number of pyridine rings is 1. The van der Waals surface area contributed by atoms with Gasteiger partial charge in [-0.2, -0.15) is 0 Å². The maximum absolute atomic E-state index is 12.9. The zero-order valence-electron chi connectivity index (χ0n) is 19.4. The Kier molecular flexibility index (Phi) is 6.96. The van der Waals surface area contributed by atoms with Crippen molar-refractivity contribution in [3.63, 3.8) is 0 Å². The van der Waals surface area contributed by atoms with Crippen molar-refractivity contribution in [2.45, 2.75) is 65.5 Å². The van der Waals surface area contributed by atoms with Gasteiger partial charge in [0.15, 0.2) is 0 Å². The van der Waals surface area contributed by atoms with Gasteiger partial charge in [-0.3, -0.25) is 4.79 Å². The van der Waals surface area contributed by atoms with Gasteiger partial charge < -0.3 is 19.7 Å². The number of piperazine rings is 1. The van der Waals surface area contributed by atoms with Crippen molar-refractivity contribution in [2.24, 2.45) is 0 Å². The quantitative estimate of drug-likeness (QED) is 0.761. The molecule has 0 unspecified atom stereocenters. The molecule has 0 atom stereocenters. The first kappa shape index (κ1) is 21.9. The van der Waals surface area contributed by atoms with Crippen molar-refractivity contribution in [1.29, 1.82) is 0 Å². The van der Waals surface area contributed by atoms with Crippen LogP contribution in [0.2, 0.25) is 0 Å². The van der Waals surface area contributed by atoms with Gasteiger partial charge in [-0.1, -0.05) is 32.3 Å². The SMILES string of the molecule is CCN1CCN(c2ccc(CNC(=O)c3cc(C)n(C4CCCCC4)c3C)cn2)CC1. The first-order valence-corrected chi connectivity index (χ1v) is 12.0. The Balaban J connectivity index is 1.35. The molecule has 0 radical (unpaired) electrons. The Morgan fingerprint density at radius 1 is 1.10 bits per heavy atom. The molecule has 1 saturated carbocycles. The van der Waals surface area contributed by atoms with Crippen molar-refractivity contribution in [3.05, 3.63) is 46.9 Å². The number of hydrogen-bond donors (Lipinski definition) is 1. The van der Waals surface area contributed by atoms with Crippen molar-refractivity contribution in [1.82, 2.24) is 19.8 Å². The lowest BCUT2D eigenvalue weighted by molar-refractivity contribution is 0.0950. The van der Waals surface area contributed by atoms with Crippen molar-refractivity contribution in [3.8, 4) is 0 Å². The van der Waals surface area contributed by atoms with E-state index in [1.807, 2.05) is 6.20 Å². The molecule has 2 aliphatic rings. The van der Waals surface area contributed by atoms with Gasteiger partial charge in [-0.15, -0.1) is 0 Å². The predicted octanol–water partition coefficient (Wildman–Crippen LogP) is 4.08. The van der Waals surface area contributed by atoms with Crippen LogP contribution in [0.1, 0.15) is 72.4 Å². The van der Waals surface area contributed by atoms with E-state index in [0.717, 1.165) is 55.4 Å². The molecule has 0 bridgehead atoms. The third-order valence-corrected chi connectivity index (χ3v) is 7.07. The molecule has 0 aromatic carbocycles. The van der Waals surface area contributed by atoms with Crippen molar-refractivity contribution in [2.75, 3.05) is 37.6 Å². The highest BCUT2D eigenvalue weighted by Gasteiger charge is 2.22. The molecular formula is C25H37N5O. The lowest BCUT2D eigenvalue weighted by Gasteiger charge is -2.34. The monoisotopic (exact) mass is 423 g/mol. The second-order valence-electron chi connectivity index (χ2n) is 9.08. The molecule has 3 heterocycles. The Hall–Kier alpha value is -2.34. The Morgan fingerprint density at radius 2 is 1.84 bits per heavy atom. The summed E-state index contributed by atoms with van der Waals surface area (Å²) in [5.41, 5.74) is 4.14. The summed E-state index contributed by atoms with van der Waals surface area (Å²) in [5, 5.41) is 3.10.